The van der Waals surface area contributed by atoms with Crippen LogP contribution in [0.4, 0.5) is 5.82 Å². The predicted molar refractivity (Wildman–Crippen MR) is 261 cm³/mol. The molecule has 0 aliphatic carbocycles. The third kappa shape index (κ3) is 10.5. The number of aryl methyl sites for hydroxylation is 1. The maximum atomic E-state index is 14.6. The van der Waals surface area contributed by atoms with Crippen molar-refractivity contribution >= 4 is 36.5 Å². The van der Waals surface area contributed by atoms with Gasteiger partial charge in [-0.2, -0.15) is 0 Å². The standard InChI is InChI=1S/C51H52N7O13P/c1-31-26-57(50(62)56-48(31)60)43-25-40(41(69-43)27-66-51(34-14-10-7-11-15-34,35-16-20-37(64-3)21-17-35)36-18-22-38(65-4)23-19-36)71-72(5,63)67-28-42-39(68-32(2)59)24-44(70-42)58-30-54-45-46(52-29-53-47(45)58)55-49(61)33-12-8-6-9-13-33/h6-23,26,29-30,39-44H,24-25,27-28H2,1-5H3,(H,56,60,62)(H,52,53,55,61)/t39-,40-,41+,42+,43+,44+,72?/m0/s1. The number of ether oxygens (including phenoxy) is 6. The maximum absolute atomic E-state index is 14.6. The number of imidazole rings is 1. The van der Waals surface area contributed by atoms with E-state index in [1.165, 1.54) is 37.0 Å². The van der Waals surface area contributed by atoms with Gasteiger partial charge >= 0.3 is 19.3 Å². The van der Waals surface area contributed by atoms with Crippen LogP contribution in [0.1, 0.15) is 64.8 Å². The highest BCUT2D eigenvalue weighted by molar-refractivity contribution is 7.53. The summed E-state index contributed by atoms with van der Waals surface area (Å²) in [6.07, 6.45) is -1.28. The number of nitrogens with one attached hydrogen (secondary N) is 2. The van der Waals surface area contributed by atoms with Crippen molar-refractivity contribution in [1.82, 2.24) is 29.1 Å². The number of fused-ring (bicyclic) bond motifs is 1. The Labute approximate surface area is 412 Å². The van der Waals surface area contributed by atoms with Crippen LogP contribution < -0.4 is 26.0 Å². The second-order valence-corrected chi connectivity index (χ2v) is 19.3. The van der Waals surface area contributed by atoms with E-state index in [1.807, 2.05) is 78.9 Å². The van der Waals surface area contributed by atoms with Gasteiger partial charge in [0, 0.05) is 43.8 Å². The number of anilines is 1. The minimum atomic E-state index is -4.07. The highest BCUT2D eigenvalue weighted by atomic mass is 31.2. The van der Waals surface area contributed by atoms with Crippen molar-refractivity contribution in [3.8, 4) is 11.5 Å². The number of esters is 1. The summed E-state index contributed by atoms with van der Waals surface area (Å²) in [5, 5.41) is 2.79. The molecule has 3 aromatic heterocycles. The molecule has 0 radical (unpaired) electrons. The summed E-state index contributed by atoms with van der Waals surface area (Å²) < 4.78 is 66.8. The van der Waals surface area contributed by atoms with Crippen molar-refractivity contribution < 1.29 is 51.6 Å². The Morgan fingerprint density at radius 2 is 1.36 bits per heavy atom. The minimum absolute atomic E-state index is 0.00849. The molecule has 21 heteroatoms. The van der Waals surface area contributed by atoms with Crippen molar-refractivity contribution in [3.63, 3.8) is 0 Å². The van der Waals surface area contributed by atoms with Gasteiger partial charge in [-0.25, -0.2) is 19.7 Å². The lowest BCUT2D eigenvalue weighted by molar-refractivity contribution is -0.150. The number of carbonyl (C=O) groups excluding carboxylic acids is 2. The minimum Gasteiger partial charge on any atom is -0.497 e. The Balaban J connectivity index is 0.980. The molecule has 1 amide bonds. The zero-order chi connectivity index (χ0) is 50.6. The first-order valence-electron chi connectivity index (χ1n) is 23.0. The van der Waals surface area contributed by atoms with Crippen molar-refractivity contribution in [2.24, 2.45) is 0 Å². The molecule has 1 unspecified atom stereocenters. The van der Waals surface area contributed by atoms with E-state index in [1.54, 1.807) is 56.0 Å². The Morgan fingerprint density at radius 3 is 1.99 bits per heavy atom. The summed E-state index contributed by atoms with van der Waals surface area (Å²) in [5.41, 5.74) is 1.04. The third-order valence-electron chi connectivity index (χ3n) is 12.5. The largest absolute Gasteiger partial charge is 0.497 e. The Hall–Kier alpha value is -7.32. The first-order chi connectivity index (χ1) is 34.7. The van der Waals surface area contributed by atoms with Crippen LogP contribution in [0.3, 0.4) is 0 Å². The molecule has 2 aliphatic rings. The molecule has 2 fully saturated rings. The number of methoxy groups -OCH3 is 2. The molecule has 72 heavy (non-hydrogen) atoms. The molecule has 374 valence electrons. The number of carbonyl (C=O) groups is 2. The lowest BCUT2D eigenvalue weighted by atomic mass is 9.80. The smallest absolute Gasteiger partial charge is 0.330 e. The van der Waals surface area contributed by atoms with Gasteiger partial charge in [0.2, 0.25) is 0 Å². The summed E-state index contributed by atoms with van der Waals surface area (Å²) in [6.45, 7) is 3.62. The van der Waals surface area contributed by atoms with Gasteiger partial charge in [0.25, 0.3) is 11.5 Å². The van der Waals surface area contributed by atoms with Gasteiger partial charge in [0.15, 0.2) is 17.0 Å². The van der Waals surface area contributed by atoms with E-state index < -0.39 is 67.3 Å². The molecule has 2 saturated heterocycles. The van der Waals surface area contributed by atoms with Crippen LogP contribution in [0.15, 0.2) is 138 Å². The molecule has 4 aromatic carbocycles. The second kappa shape index (κ2) is 21.2. The van der Waals surface area contributed by atoms with E-state index in [-0.39, 0.29) is 43.3 Å². The van der Waals surface area contributed by atoms with Crippen LogP contribution in [0.25, 0.3) is 11.2 Å². The molecule has 2 aliphatic heterocycles. The fourth-order valence-electron chi connectivity index (χ4n) is 8.98. The number of nitrogens with zero attached hydrogens (tertiary/aromatic N) is 5. The van der Waals surface area contributed by atoms with Crippen molar-refractivity contribution in [2.45, 2.75) is 69.2 Å². The van der Waals surface area contributed by atoms with Crippen molar-refractivity contribution in [2.75, 3.05) is 39.4 Å². The lowest BCUT2D eigenvalue weighted by Crippen LogP contribution is -2.38. The van der Waals surface area contributed by atoms with Crippen LogP contribution >= 0.6 is 7.60 Å². The predicted octanol–water partition coefficient (Wildman–Crippen LogP) is 6.69. The van der Waals surface area contributed by atoms with Gasteiger partial charge in [0.05, 0.1) is 39.9 Å². The van der Waals surface area contributed by atoms with E-state index in [4.69, 9.17) is 37.5 Å². The first-order valence-corrected chi connectivity index (χ1v) is 25.0. The number of aromatic amines is 1. The normalized spacial score (nSPS) is 20.7. The van der Waals surface area contributed by atoms with E-state index in [0.717, 1.165) is 16.7 Å². The van der Waals surface area contributed by atoms with Gasteiger partial charge in [-0.1, -0.05) is 72.8 Å². The molecule has 7 aromatic rings. The van der Waals surface area contributed by atoms with Crippen molar-refractivity contribution in [3.05, 3.63) is 177 Å². The summed E-state index contributed by atoms with van der Waals surface area (Å²) in [6, 6.07) is 33.2. The van der Waals surface area contributed by atoms with Gasteiger partial charge < -0.3 is 42.8 Å². The van der Waals surface area contributed by atoms with Gasteiger partial charge in [0.1, 0.15) is 54.2 Å². The number of aromatic nitrogens is 6. The zero-order valence-electron chi connectivity index (χ0n) is 39.9. The number of hydrogen-bond donors (Lipinski definition) is 2. The molecular formula is C51H52N7O13P. The molecule has 5 heterocycles. The quantitative estimate of drug-likeness (QED) is 0.0517. The average molecular weight is 1000 g/mol. The van der Waals surface area contributed by atoms with E-state index >= 15 is 0 Å². The van der Waals surface area contributed by atoms with Crippen LogP contribution in [-0.4, -0.2) is 99.5 Å². The van der Waals surface area contributed by atoms with E-state index in [9.17, 15) is 23.7 Å². The van der Waals surface area contributed by atoms with E-state index in [0.29, 0.717) is 28.2 Å². The summed E-state index contributed by atoms with van der Waals surface area (Å²) in [7, 11) is -0.903. The molecule has 20 nitrogen and oxygen atoms in total. The van der Waals surface area contributed by atoms with E-state index in [2.05, 4.69) is 25.3 Å². The van der Waals surface area contributed by atoms with Gasteiger partial charge in [-0.3, -0.25) is 33.1 Å². The SMILES string of the molecule is COc1ccc(C(OC[C@H]2O[C@@H](n3cc(C)c(=O)[nH]c3=O)C[C@@H]2OP(C)(=O)OC[C@H]2O[C@@H](n3cnc4c(NC(=O)c5ccccc5)ncnc43)C[C@@H]2OC(C)=O)(c2ccccc2)c2ccc(OC)cc2)cc1. The molecule has 9 rings (SSSR count). The highest BCUT2D eigenvalue weighted by Gasteiger charge is 2.46. The number of hydrogen-bond acceptors (Lipinski definition) is 16. The Morgan fingerprint density at radius 1 is 0.778 bits per heavy atom. The highest BCUT2D eigenvalue weighted by Crippen LogP contribution is 2.50. The lowest BCUT2D eigenvalue weighted by Gasteiger charge is -2.37. The fourth-order valence-corrected chi connectivity index (χ4v) is 10.2. The number of rotatable bonds is 18. The molecular weight excluding hydrogens is 950 g/mol. The molecule has 0 spiro atoms. The average Bonchev–Trinajstić information content (AvgIpc) is 4.12. The fraction of sp³-hybridized carbons (Fsp3) is 0.314. The molecule has 0 saturated carbocycles. The summed E-state index contributed by atoms with van der Waals surface area (Å²) in [5.74, 6) is 0.486. The maximum Gasteiger partial charge on any atom is 0.330 e. The van der Waals surface area contributed by atoms with Crippen LogP contribution in [0, 0.1) is 6.92 Å². The Kier molecular flexibility index (Phi) is 14.6. The first kappa shape index (κ1) is 49.7. The third-order valence-corrected chi connectivity index (χ3v) is 13.8. The monoisotopic (exact) mass is 1000 g/mol. The summed E-state index contributed by atoms with van der Waals surface area (Å²) >= 11 is 0. The number of amides is 1. The van der Waals surface area contributed by atoms with Crippen LogP contribution in [0.5, 0.6) is 11.5 Å². The number of benzene rings is 4. The number of H-pyrrole nitrogens is 1. The Bertz CT molecular complexity index is 3160. The second-order valence-electron chi connectivity index (χ2n) is 17.2. The van der Waals surface area contributed by atoms with Crippen LogP contribution in [0.2, 0.25) is 0 Å². The zero-order valence-corrected chi connectivity index (χ0v) is 40.8. The van der Waals surface area contributed by atoms with Crippen LogP contribution in [-0.2, 0) is 43.0 Å². The van der Waals surface area contributed by atoms with Gasteiger partial charge in [-0.05, 0) is 60.0 Å². The molecule has 0 bridgehead atoms. The van der Waals surface area contributed by atoms with Gasteiger partial charge in [-0.15, -0.1) is 0 Å². The topological polar surface area (TPSA) is 236 Å². The molecule has 7 atom stereocenters. The molecule has 2 N–H and O–H groups in total. The van der Waals surface area contributed by atoms with Crippen molar-refractivity contribution in [1.29, 1.82) is 0 Å². The summed E-state index contributed by atoms with van der Waals surface area (Å²) in [4.78, 5) is 66.6.